The number of nitrogens with zero attached hydrogens (tertiary/aromatic N) is 1. The van der Waals surface area contributed by atoms with Crippen molar-refractivity contribution in [2.24, 2.45) is 5.73 Å². The van der Waals surface area contributed by atoms with E-state index in [0.29, 0.717) is 28.8 Å². The highest BCUT2D eigenvalue weighted by molar-refractivity contribution is 6.35. The molecular formula is C16H18Cl2N2O. The van der Waals surface area contributed by atoms with Crippen molar-refractivity contribution in [3.8, 4) is 5.75 Å². The minimum Gasteiger partial charge on any atom is -0.485 e. The molecule has 0 amide bonds. The van der Waals surface area contributed by atoms with E-state index in [1.165, 1.54) is 0 Å². The fraction of sp³-hybridized carbons (Fsp3) is 0.312. The summed E-state index contributed by atoms with van der Waals surface area (Å²) in [6.07, 6.45) is 2.40. The van der Waals surface area contributed by atoms with Crippen LogP contribution in [0.5, 0.6) is 5.75 Å². The Hall–Kier alpha value is -1.29. The maximum Gasteiger partial charge on any atom is 0.141 e. The highest BCUT2D eigenvalue weighted by Crippen LogP contribution is 2.33. The van der Waals surface area contributed by atoms with Crippen molar-refractivity contribution < 1.29 is 4.74 Å². The number of halogens is 2. The van der Waals surface area contributed by atoms with Crippen molar-refractivity contribution in [2.45, 2.75) is 32.9 Å². The second-order valence-electron chi connectivity index (χ2n) is 5.11. The molecule has 1 heterocycles. The van der Waals surface area contributed by atoms with E-state index in [-0.39, 0.29) is 6.04 Å². The van der Waals surface area contributed by atoms with Crippen molar-refractivity contribution in [2.75, 3.05) is 0 Å². The second-order valence-corrected chi connectivity index (χ2v) is 5.96. The number of benzene rings is 1. The fourth-order valence-corrected chi connectivity index (χ4v) is 2.67. The summed E-state index contributed by atoms with van der Waals surface area (Å²) in [5.74, 6) is 0.628. The molecule has 0 bridgehead atoms. The zero-order chi connectivity index (χ0) is 15.4. The van der Waals surface area contributed by atoms with Crippen molar-refractivity contribution in [1.82, 2.24) is 4.98 Å². The van der Waals surface area contributed by atoms with Crippen LogP contribution in [-0.4, -0.2) is 11.0 Å². The molecule has 0 aliphatic carbocycles. The van der Waals surface area contributed by atoms with Gasteiger partial charge in [-0.25, -0.2) is 0 Å². The summed E-state index contributed by atoms with van der Waals surface area (Å²) in [7, 11) is 0. The lowest BCUT2D eigenvalue weighted by atomic mass is 10.1. The lowest BCUT2D eigenvalue weighted by molar-refractivity contribution is 0.297. The molecule has 3 nitrogen and oxygen atoms in total. The molecule has 0 radical (unpaired) electrons. The molecule has 1 aromatic heterocycles. The SMILES string of the molecule is Cc1cccnc1COc1c(Cl)cc(Cl)cc1CC(C)N. The molecular weight excluding hydrogens is 307 g/mol. The predicted octanol–water partition coefficient (Wildman–Crippen LogP) is 4.17. The Kier molecular flexibility index (Phi) is 5.45. The Morgan fingerprint density at radius 1 is 1.33 bits per heavy atom. The largest absolute Gasteiger partial charge is 0.485 e. The van der Waals surface area contributed by atoms with Gasteiger partial charge in [0.2, 0.25) is 0 Å². The maximum absolute atomic E-state index is 6.25. The van der Waals surface area contributed by atoms with E-state index in [4.69, 9.17) is 33.7 Å². The first kappa shape index (κ1) is 16.1. The first-order valence-corrected chi connectivity index (χ1v) is 7.49. The third-order valence-electron chi connectivity index (χ3n) is 3.10. The maximum atomic E-state index is 6.25. The van der Waals surface area contributed by atoms with Crippen LogP contribution >= 0.6 is 23.2 Å². The van der Waals surface area contributed by atoms with Crippen molar-refractivity contribution in [3.05, 3.63) is 57.3 Å². The van der Waals surface area contributed by atoms with Crippen LogP contribution in [0.25, 0.3) is 0 Å². The fourth-order valence-electron chi connectivity index (χ4n) is 2.08. The van der Waals surface area contributed by atoms with Crippen LogP contribution in [0.15, 0.2) is 30.5 Å². The first-order valence-electron chi connectivity index (χ1n) is 6.74. The van der Waals surface area contributed by atoms with Gasteiger partial charge in [-0.3, -0.25) is 4.98 Å². The minimum atomic E-state index is -0.00142. The molecule has 2 aromatic rings. The normalized spacial score (nSPS) is 12.2. The standard InChI is InChI=1S/C16H18Cl2N2O/c1-10-4-3-5-20-15(10)9-21-16-12(6-11(2)19)7-13(17)8-14(16)18/h3-5,7-8,11H,6,9,19H2,1-2H3. The molecule has 0 spiro atoms. The lowest BCUT2D eigenvalue weighted by Gasteiger charge is -2.15. The summed E-state index contributed by atoms with van der Waals surface area (Å²) < 4.78 is 5.88. The highest BCUT2D eigenvalue weighted by atomic mass is 35.5. The number of rotatable bonds is 5. The molecule has 0 aliphatic heterocycles. The zero-order valence-electron chi connectivity index (χ0n) is 12.1. The van der Waals surface area contributed by atoms with Crippen molar-refractivity contribution in [1.29, 1.82) is 0 Å². The number of hydrogen-bond acceptors (Lipinski definition) is 3. The Morgan fingerprint density at radius 2 is 2.10 bits per heavy atom. The van der Waals surface area contributed by atoms with Gasteiger partial charge in [-0.1, -0.05) is 29.3 Å². The van der Waals surface area contributed by atoms with E-state index in [9.17, 15) is 0 Å². The number of nitrogens with two attached hydrogens (primary N) is 1. The number of aryl methyl sites for hydroxylation is 1. The van der Waals surface area contributed by atoms with Gasteiger partial charge in [0.15, 0.2) is 0 Å². The van der Waals surface area contributed by atoms with Gasteiger partial charge in [0, 0.05) is 17.3 Å². The summed E-state index contributed by atoms with van der Waals surface area (Å²) in [6.45, 7) is 4.29. The van der Waals surface area contributed by atoms with Gasteiger partial charge in [-0.2, -0.15) is 0 Å². The molecule has 0 fully saturated rings. The smallest absolute Gasteiger partial charge is 0.141 e. The molecule has 1 aromatic carbocycles. The summed E-state index contributed by atoms with van der Waals surface area (Å²) in [5.41, 5.74) is 8.75. The number of hydrogen-bond donors (Lipinski definition) is 1. The molecule has 5 heteroatoms. The van der Waals surface area contributed by atoms with Gasteiger partial charge < -0.3 is 10.5 Å². The van der Waals surface area contributed by atoms with Crippen LogP contribution in [0.1, 0.15) is 23.7 Å². The average molecular weight is 325 g/mol. The van der Waals surface area contributed by atoms with Gasteiger partial charge in [0.05, 0.1) is 10.7 Å². The van der Waals surface area contributed by atoms with Gasteiger partial charge in [-0.05, 0) is 49.6 Å². The Labute approximate surface area is 135 Å². The Balaban J connectivity index is 2.24. The molecule has 2 rings (SSSR count). The third-order valence-corrected chi connectivity index (χ3v) is 3.60. The Bertz CT molecular complexity index is 630. The summed E-state index contributed by atoms with van der Waals surface area (Å²) in [5, 5.41) is 1.07. The molecule has 1 unspecified atom stereocenters. The monoisotopic (exact) mass is 324 g/mol. The van der Waals surface area contributed by atoms with Gasteiger partial charge >= 0.3 is 0 Å². The zero-order valence-corrected chi connectivity index (χ0v) is 13.6. The van der Waals surface area contributed by atoms with E-state index in [0.717, 1.165) is 16.8 Å². The first-order chi connectivity index (χ1) is 9.97. The van der Waals surface area contributed by atoms with Crippen LogP contribution in [-0.2, 0) is 13.0 Å². The highest BCUT2D eigenvalue weighted by Gasteiger charge is 2.13. The quantitative estimate of drug-likeness (QED) is 0.898. The van der Waals surface area contributed by atoms with Gasteiger partial charge in [0.25, 0.3) is 0 Å². The number of ether oxygens (including phenoxy) is 1. The average Bonchev–Trinajstić information content (AvgIpc) is 2.38. The molecule has 0 saturated carbocycles. The van der Waals surface area contributed by atoms with Crippen LogP contribution in [0, 0.1) is 6.92 Å². The molecule has 0 saturated heterocycles. The van der Waals surface area contributed by atoms with Crippen LogP contribution < -0.4 is 10.5 Å². The van der Waals surface area contributed by atoms with Crippen LogP contribution in [0.2, 0.25) is 10.0 Å². The third kappa shape index (κ3) is 4.34. The second kappa shape index (κ2) is 7.12. The molecule has 2 N–H and O–H groups in total. The minimum absolute atomic E-state index is 0.00142. The number of pyridine rings is 1. The van der Waals surface area contributed by atoms with Crippen molar-refractivity contribution >= 4 is 23.2 Å². The van der Waals surface area contributed by atoms with E-state index in [1.807, 2.05) is 32.0 Å². The van der Waals surface area contributed by atoms with Crippen molar-refractivity contribution in [3.63, 3.8) is 0 Å². The number of aromatic nitrogens is 1. The predicted molar refractivity (Wildman–Crippen MR) is 87.1 cm³/mol. The Morgan fingerprint density at radius 3 is 2.76 bits per heavy atom. The summed E-state index contributed by atoms with van der Waals surface area (Å²) in [4.78, 5) is 4.31. The molecule has 21 heavy (non-hydrogen) atoms. The van der Waals surface area contributed by atoms with Gasteiger partial charge in [-0.15, -0.1) is 0 Å². The van der Waals surface area contributed by atoms with E-state index < -0.39 is 0 Å². The molecule has 1 atom stereocenters. The van der Waals surface area contributed by atoms with Gasteiger partial charge in [0.1, 0.15) is 12.4 Å². The summed E-state index contributed by atoms with van der Waals surface area (Å²) in [6, 6.07) is 7.41. The van der Waals surface area contributed by atoms with Crippen LogP contribution in [0.3, 0.4) is 0 Å². The summed E-state index contributed by atoms with van der Waals surface area (Å²) >= 11 is 12.3. The lowest BCUT2D eigenvalue weighted by Crippen LogP contribution is -2.18. The van der Waals surface area contributed by atoms with E-state index in [2.05, 4.69) is 4.98 Å². The topological polar surface area (TPSA) is 48.1 Å². The van der Waals surface area contributed by atoms with E-state index >= 15 is 0 Å². The molecule has 0 aliphatic rings. The van der Waals surface area contributed by atoms with E-state index in [1.54, 1.807) is 12.3 Å². The van der Waals surface area contributed by atoms with Crippen LogP contribution in [0.4, 0.5) is 0 Å². The molecule has 112 valence electrons.